The number of rotatable bonds is 3. The second kappa shape index (κ2) is 8.65. The van der Waals surface area contributed by atoms with E-state index in [4.69, 9.17) is 4.74 Å². The third-order valence-electron chi connectivity index (χ3n) is 5.64. The fourth-order valence-corrected chi connectivity index (χ4v) is 3.98. The summed E-state index contributed by atoms with van der Waals surface area (Å²) in [5.41, 5.74) is 0. The van der Waals surface area contributed by atoms with Crippen LogP contribution in [-0.4, -0.2) is 84.9 Å². The maximum absolute atomic E-state index is 12.4. The van der Waals surface area contributed by atoms with Crippen molar-refractivity contribution in [2.24, 2.45) is 5.92 Å². The molecular weight excluding hydrogens is 322 g/mol. The molecule has 1 aliphatic carbocycles. The highest BCUT2D eigenvalue weighted by molar-refractivity contribution is 6.34. The molecule has 7 heteroatoms. The summed E-state index contributed by atoms with van der Waals surface area (Å²) in [5, 5.41) is 0. The average molecular weight is 351 g/mol. The highest BCUT2D eigenvalue weighted by Gasteiger charge is 2.31. The fraction of sp³-hybridized carbons (Fsp3) is 0.833. The lowest BCUT2D eigenvalue weighted by Gasteiger charge is -2.36. The number of piperazine rings is 1. The van der Waals surface area contributed by atoms with Crippen molar-refractivity contribution in [2.45, 2.75) is 38.5 Å². The average Bonchev–Trinajstić information content (AvgIpc) is 3.19. The molecule has 0 spiro atoms. The van der Waals surface area contributed by atoms with Gasteiger partial charge in [0, 0.05) is 45.7 Å². The van der Waals surface area contributed by atoms with Crippen molar-refractivity contribution in [2.75, 3.05) is 52.5 Å². The summed E-state index contributed by atoms with van der Waals surface area (Å²) < 4.78 is 5.21. The first-order valence-electron chi connectivity index (χ1n) is 9.59. The van der Waals surface area contributed by atoms with Crippen LogP contribution < -0.4 is 0 Å². The largest absolute Gasteiger partial charge is 0.378 e. The Labute approximate surface area is 149 Å². The molecule has 3 fully saturated rings. The number of morpholine rings is 1. The van der Waals surface area contributed by atoms with Crippen LogP contribution in [0.15, 0.2) is 0 Å². The molecule has 0 N–H and O–H groups in total. The minimum absolute atomic E-state index is 0.193. The molecule has 1 saturated carbocycles. The quantitative estimate of drug-likeness (QED) is 0.694. The Balaban J connectivity index is 1.40. The summed E-state index contributed by atoms with van der Waals surface area (Å²) in [4.78, 5) is 42.0. The molecule has 0 aromatic heterocycles. The molecule has 7 nitrogen and oxygen atoms in total. The minimum atomic E-state index is -0.444. The second-order valence-electron chi connectivity index (χ2n) is 7.27. The van der Waals surface area contributed by atoms with Gasteiger partial charge in [0.15, 0.2) is 0 Å². The number of ether oxygens (including phenoxy) is 1. The van der Waals surface area contributed by atoms with Crippen molar-refractivity contribution < 1.29 is 19.1 Å². The predicted molar refractivity (Wildman–Crippen MR) is 91.8 cm³/mol. The van der Waals surface area contributed by atoms with E-state index in [2.05, 4.69) is 0 Å². The van der Waals surface area contributed by atoms with Crippen molar-refractivity contribution in [1.82, 2.24) is 14.7 Å². The van der Waals surface area contributed by atoms with Crippen LogP contribution in [0.4, 0.5) is 0 Å². The van der Waals surface area contributed by atoms with Crippen molar-refractivity contribution in [1.29, 1.82) is 0 Å². The van der Waals surface area contributed by atoms with Crippen LogP contribution in [0.1, 0.15) is 38.5 Å². The molecule has 3 aliphatic rings. The van der Waals surface area contributed by atoms with E-state index in [-0.39, 0.29) is 5.91 Å². The summed E-state index contributed by atoms with van der Waals surface area (Å²) in [7, 11) is 0. The van der Waals surface area contributed by atoms with Crippen LogP contribution in [0.2, 0.25) is 0 Å². The fourth-order valence-electron chi connectivity index (χ4n) is 3.98. The van der Waals surface area contributed by atoms with Crippen molar-refractivity contribution in [3.8, 4) is 0 Å². The lowest BCUT2D eigenvalue weighted by Crippen LogP contribution is -2.55. The molecule has 2 aliphatic heterocycles. The maximum Gasteiger partial charge on any atom is 0.312 e. The molecule has 25 heavy (non-hydrogen) atoms. The van der Waals surface area contributed by atoms with Crippen molar-refractivity contribution >= 4 is 17.7 Å². The maximum atomic E-state index is 12.4. The summed E-state index contributed by atoms with van der Waals surface area (Å²) in [6.07, 6.45) is 6.74. The second-order valence-corrected chi connectivity index (χ2v) is 7.27. The van der Waals surface area contributed by atoms with Gasteiger partial charge in [0.05, 0.1) is 13.2 Å². The molecule has 0 bridgehead atoms. The van der Waals surface area contributed by atoms with E-state index in [1.165, 1.54) is 25.7 Å². The highest BCUT2D eigenvalue weighted by atomic mass is 16.5. The van der Waals surface area contributed by atoms with Crippen LogP contribution in [0.25, 0.3) is 0 Å². The number of amides is 3. The Bertz CT molecular complexity index is 491. The number of hydrogen-bond donors (Lipinski definition) is 0. The Morgan fingerprint density at radius 3 is 1.88 bits per heavy atom. The van der Waals surface area contributed by atoms with Crippen molar-refractivity contribution in [3.05, 3.63) is 0 Å². The zero-order valence-electron chi connectivity index (χ0n) is 15.0. The van der Waals surface area contributed by atoms with E-state index in [0.717, 1.165) is 12.3 Å². The molecule has 2 saturated heterocycles. The topological polar surface area (TPSA) is 70.2 Å². The van der Waals surface area contributed by atoms with Gasteiger partial charge in [0.25, 0.3) is 0 Å². The summed E-state index contributed by atoms with van der Waals surface area (Å²) in [6.45, 7) is 3.89. The highest BCUT2D eigenvalue weighted by Crippen LogP contribution is 2.28. The zero-order chi connectivity index (χ0) is 17.6. The van der Waals surface area contributed by atoms with Gasteiger partial charge in [0.1, 0.15) is 0 Å². The molecule has 0 atom stereocenters. The molecule has 0 aromatic carbocycles. The van der Waals surface area contributed by atoms with Crippen LogP contribution in [0.3, 0.4) is 0 Å². The number of nitrogens with zero attached hydrogens (tertiary/aromatic N) is 3. The van der Waals surface area contributed by atoms with Gasteiger partial charge in [-0.25, -0.2) is 0 Å². The summed E-state index contributed by atoms with van der Waals surface area (Å²) >= 11 is 0. The Morgan fingerprint density at radius 1 is 0.760 bits per heavy atom. The van der Waals surface area contributed by atoms with Gasteiger partial charge in [-0.05, 0) is 12.3 Å². The molecular formula is C18H29N3O4. The van der Waals surface area contributed by atoms with Gasteiger partial charge in [0.2, 0.25) is 5.91 Å². The molecule has 0 aromatic rings. The molecule has 0 unspecified atom stereocenters. The van der Waals surface area contributed by atoms with Crippen LogP contribution in [-0.2, 0) is 19.1 Å². The molecule has 3 rings (SSSR count). The van der Waals surface area contributed by atoms with Crippen LogP contribution in [0, 0.1) is 5.92 Å². The van der Waals surface area contributed by atoms with Gasteiger partial charge < -0.3 is 19.4 Å². The first kappa shape index (κ1) is 18.2. The minimum Gasteiger partial charge on any atom is -0.378 e. The first-order chi connectivity index (χ1) is 12.1. The number of hydrogen-bond acceptors (Lipinski definition) is 4. The normalized spacial score (nSPS) is 22.3. The molecule has 3 amide bonds. The SMILES string of the molecule is O=C(CCC1CCCC1)N1CCN(C(=O)C(=O)N2CCOCC2)CC1. The lowest BCUT2D eigenvalue weighted by atomic mass is 10.0. The van der Waals surface area contributed by atoms with Gasteiger partial charge >= 0.3 is 11.8 Å². The Hall–Kier alpha value is -1.63. The molecule has 0 radical (unpaired) electrons. The first-order valence-corrected chi connectivity index (χ1v) is 9.59. The monoisotopic (exact) mass is 351 g/mol. The molecule has 2 heterocycles. The van der Waals surface area contributed by atoms with Gasteiger partial charge in [-0.2, -0.15) is 0 Å². The van der Waals surface area contributed by atoms with E-state index < -0.39 is 11.8 Å². The summed E-state index contributed by atoms with van der Waals surface area (Å²) in [5.74, 6) is 0.0285. The zero-order valence-corrected chi connectivity index (χ0v) is 15.0. The van der Waals surface area contributed by atoms with Crippen LogP contribution >= 0.6 is 0 Å². The van der Waals surface area contributed by atoms with Gasteiger partial charge in [-0.15, -0.1) is 0 Å². The van der Waals surface area contributed by atoms with E-state index in [1.54, 1.807) is 9.80 Å². The Kier molecular flexibility index (Phi) is 6.29. The third-order valence-corrected chi connectivity index (χ3v) is 5.64. The summed E-state index contributed by atoms with van der Waals surface area (Å²) in [6, 6.07) is 0. The smallest absolute Gasteiger partial charge is 0.312 e. The standard InChI is InChI=1S/C18H29N3O4/c22-16(6-5-15-3-1-2-4-15)19-7-9-20(10-8-19)17(23)18(24)21-11-13-25-14-12-21/h15H,1-14H2. The van der Waals surface area contributed by atoms with E-state index in [1.807, 2.05) is 4.90 Å². The van der Waals surface area contributed by atoms with E-state index in [0.29, 0.717) is 58.9 Å². The number of carbonyl (C=O) groups excluding carboxylic acids is 3. The van der Waals surface area contributed by atoms with Crippen LogP contribution in [0.5, 0.6) is 0 Å². The predicted octanol–water partition coefficient (Wildman–Crippen LogP) is 0.486. The number of carbonyl (C=O) groups is 3. The van der Waals surface area contributed by atoms with E-state index in [9.17, 15) is 14.4 Å². The lowest BCUT2D eigenvalue weighted by molar-refractivity contribution is -0.155. The van der Waals surface area contributed by atoms with Crippen molar-refractivity contribution in [3.63, 3.8) is 0 Å². The van der Waals surface area contributed by atoms with E-state index >= 15 is 0 Å². The molecule has 140 valence electrons. The Morgan fingerprint density at radius 2 is 1.28 bits per heavy atom. The third kappa shape index (κ3) is 4.71. The van der Waals surface area contributed by atoms with Gasteiger partial charge in [-0.3, -0.25) is 14.4 Å². The van der Waals surface area contributed by atoms with Gasteiger partial charge in [-0.1, -0.05) is 25.7 Å².